The molecule has 0 saturated heterocycles. The minimum atomic E-state index is 0. The Kier molecular flexibility index (Phi) is 7.08. The Balaban J connectivity index is 0.00000267. The maximum Gasteiger partial charge on any atom is 0.127 e. The third-order valence-corrected chi connectivity index (χ3v) is 7.00. The van der Waals surface area contributed by atoms with Crippen LogP contribution in [0.1, 0.15) is 11.1 Å². The van der Waals surface area contributed by atoms with Crippen LogP contribution in [0, 0.1) is 6.07 Å². The van der Waals surface area contributed by atoms with Crippen molar-refractivity contribution in [2.24, 2.45) is 0 Å². The Morgan fingerprint density at radius 1 is 0.722 bits per heavy atom. The molecule has 0 amide bonds. The van der Waals surface area contributed by atoms with Crippen LogP contribution < -0.4 is 0 Å². The summed E-state index contributed by atoms with van der Waals surface area (Å²) in [5.41, 5.74) is 7.97. The van der Waals surface area contributed by atoms with Gasteiger partial charge in [0.1, 0.15) is 10.8 Å². The van der Waals surface area contributed by atoms with Crippen LogP contribution in [0.4, 0.5) is 0 Å². The average Bonchev–Trinajstić information content (AvgIpc) is 3.33. The van der Waals surface area contributed by atoms with Gasteiger partial charge in [-0.15, -0.1) is 41.2 Å². The van der Waals surface area contributed by atoms with Gasteiger partial charge in [0.25, 0.3) is 0 Å². The monoisotopic (exact) mass is 664 g/mol. The van der Waals surface area contributed by atoms with Gasteiger partial charge in [0.15, 0.2) is 0 Å². The van der Waals surface area contributed by atoms with Gasteiger partial charge in [-0.2, -0.15) is 0 Å². The normalized spacial score (nSPS) is 10.8. The first-order chi connectivity index (χ1) is 17.2. The summed E-state index contributed by atoms with van der Waals surface area (Å²) in [5, 5.41) is 11.2. The zero-order valence-corrected chi connectivity index (χ0v) is 22.3. The molecule has 0 saturated carbocycles. The molecule has 5 heteroatoms. The van der Waals surface area contributed by atoms with Crippen molar-refractivity contribution in [2.45, 2.75) is 6.42 Å². The van der Waals surface area contributed by atoms with Gasteiger partial charge in [-0.3, -0.25) is 4.98 Å². The molecule has 3 nitrogen and oxygen atoms in total. The first-order valence-electron chi connectivity index (χ1n) is 11.4. The number of rotatable bonds is 5. The van der Waals surface area contributed by atoms with Gasteiger partial charge in [-0.1, -0.05) is 71.8 Å². The second kappa shape index (κ2) is 10.6. The van der Waals surface area contributed by atoms with E-state index in [2.05, 4.69) is 53.5 Å². The number of nitrogens with zero attached hydrogens (tertiary/aromatic N) is 2. The van der Waals surface area contributed by atoms with Crippen molar-refractivity contribution < 1.29 is 26.2 Å². The summed E-state index contributed by atoms with van der Waals surface area (Å²) in [7, 11) is 0. The molecule has 4 aromatic carbocycles. The minimum Gasteiger partial charge on any atom is -0.507 e. The predicted octanol–water partition coefficient (Wildman–Crippen LogP) is 7.79. The second-order valence-electron chi connectivity index (χ2n) is 8.38. The van der Waals surface area contributed by atoms with E-state index in [1.54, 1.807) is 23.6 Å². The van der Waals surface area contributed by atoms with E-state index in [4.69, 9.17) is 4.98 Å². The topological polar surface area (TPSA) is 46.0 Å². The standard InChI is InChI=1S/C31H21N2OS.Pt/c34-28-15-5-4-13-25(28)31-33-30-26(23-11-8-12-24(20-23)27-14-6-7-16-32-27)18-22(19-29(30)35-31)17-21-9-2-1-3-10-21;/h1-16,18-19,34H,17H2;/q-1;. The Hall–Kier alpha value is -3.59. The number of para-hydroxylation sites is 1. The first-order valence-corrected chi connectivity index (χ1v) is 12.3. The zero-order chi connectivity index (χ0) is 23.6. The molecule has 0 spiro atoms. The molecule has 1 N–H and O–H groups in total. The Bertz CT molecular complexity index is 1630. The van der Waals surface area contributed by atoms with Gasteiger partial charge >= 0.3 is 0 Å². The molecule has 0 aliphatic heterocycles. The van der Waals surface area contributed by atoms with Crippen LogP contribution in [0.3, 0.4) is 0 Å². The molecule has 0 unspecified atom stereocenters. The summed E-state index contributed by atoms with van der Waals surface area (Å²) < 4.78 is 1.09. The number of fused-ring (bicyclic) bond motifs is 1. The van der Waals surface area contributed by atoms with E-state index in [0.717, 1.165) is 49.6 Å². The second-order valence-corrected chi connectivity index (χ2v) is 9.41. The van der Waals surface area contributed by atoms with Crippen LogP contribution in [0.15, 0.2) is 109 Å². The van der Waals surface area contributed by atoms with E-state index >= 15 is 0 Å². The Morgan fingerprint density at radius 3 is 2.31 bits per heavy atom. The van der Waals surface area contributed by atoms with Gasteiger partial charge in [0.2, 0.25) is 0 Å². The van der Waals surface area contributed by atoms with Crippen molar-refractivity contribution in [3.8, 4) is 38.7 Å². The summed E-state index contributed by atoms with van der Waals surface area (Å²) in [6.07, 6.45) is 2.63. The number of pyridine rings is 1. The van der Waals surface area contributed by atoms with Gasteiger partial charge < -0.3 is 5.11 Å². The van der Waals surface area contributed by atoms with Crippen molar-refractivity contribution in [3.05, 3.63) is 127 Å². The molecule has 2 aromatic heterocycles. The fourth-order valence-corrected chi connectivity index (χ4v) is 5.38. The van der Waals surface area contributed by atoms with Gasteiger partial charge in [0, 0.05) is 37.7 Å². The number of hydrogen-bond acceptors (Lipinski definition) is 4. The molecule has 36 heavy (non-hydrogen) atoms. The SMILES string of the molecule is Oc1ccccc1-c1nc2c(-c3[c-]c(-c4ccccn4)ccc3)cc(Cc3ccccc3)cc2s1.[Pt]. The largest absolute Gasteiger partial charge is 0.507 e. The molecule has 0 bridgehead atoms. The molecule has 0 radical (unpaired) electrons. The van der Waals surface area contributed by atoms with E-state index in [0.29, 0.717) is 0 Å². The van der Waals surface area contributed by atoms with Gasteiger partial charge in [-0.05, 0) is 41.8 Å². The van der Waals surface area contributed by atoms with Gasteiger partial charge in [0.05, 0.1) is 11.1 Å². The molecule has 0 fully saturated rings. The van der Waals surface area contributed by atoms with Crippen LogP contribution in [-0.4, -0.2) is 15.1 Å². The average molecular weight is 665 g/mol. The van der Waals surface area contributed by atoms with E-state index in [1.807, 2.05) is 54.6 Å². The third-order valence-electron chi connectivity index (χ3n) is 5.97. The number of phenolic OH excluding ortho intramolecular Hbond substituents is 1. The van der Waals surface area contributed by atoms with Crippen LogP contribution in [0.25, 0.3) is 43.2 Å². The Labute approximate surface area is 228 Å². The van der Waals surface area contributed by atoms with Gasteiger partial charge in [-0.25, -0.2) is 4.98 Å². The fourth-order valence-electron chi connectivity index (χ4n) is 4.29. The summed E-state index contributed by atoms with van der Waals surface area (Å²) in [4.78, 5) is 9.49. The van der Waals surface area contributed by atoms with E-state index in [1.165, 1.54) is 11.1 Å². The molecule has 2 heterocycles. The number of thiazole rings is 1. The fraction of sp³-hybridized carbons (Fsp3) is 0.0323. The van der Waals surface area contributed by atoms with Crippen molar-refractivity contribution in [1.29, 1.82) is 0 Å². The Morgan fingerprint density at radius 2 is 1.50 bits per heavy atom. The molecule has 0 aliphatic carbocycles. The number of aromatic hydroxyl groups is 1. The number of benzene rings is 4. The summed E-state index contributed by atoms with van der Waals surface area (Å²) in [5.74, 6) is 0.237. The minimum absolute atomic E-state index is 0. The quantitative estimate of drug-likeness (QED) is 0.192. The third kappa shape index (κ3) is 4.88. The van der Waals surface area contributed by atoms with E-state index < -0.39 is 0 Å². The number of hydrogen-bond donors (Lipinski definition) is 1. The van der Waals surface area contributed by atoms with Crippen LogP contribution in [-0.2, 0) is 27.5 Å². The maximum atomic E-state index is 10.4. The first kappa shape index (κ1) is 24.1. The maximum absolute atomic E-state index is 10.4. The zero-order valence-electron chi connectivity index (χ0n) is 19.2. The molecule has 6 aromatic rings. The molecule has 6 rings (SSSR count). The van der Waals surface area contributed by atoms with Crippen LogP contribution in [0.2, 0.25) is 0 Å². The number of phenols is 1. The summed E-state index contributed by atoms with van der Waals surface area (Å²) in [6, 6.07) is 37.9. The van der Waals surface area contributed by atoms with Crippen molar-refractivity contribution >= 4 is 21.6 Å². The van der Waals surface area contributed by atoms with Crippen molar-refractivity contribution in [2.75, 3.05) is 0 Å². The number of aromatic nitrogens is 2. The molecule has 0 aliphatic rings. The molecule has 178 valence electrons. The van der Waals surface area contributed by atoms with Crippen LogP contribution >= 0.6 is 11.3 Å². The van der Waals surface area contributed by atoms with Crippen LogP contribution in [0.5, 0.6) is 5.75 Å². The van der Waals surface area contributed by atoms with Crippen molar-refractivity contribution in [1.82, 2.24) is 9.97 Å². The predicted molar refractivity (Wildman–Crippen MR) is 143 cm³/mol. The molecular formula is C31H21N2OPtS-. The van der Waals surface area contributed by atoms with Crippen molar-refractivity contribution in [3.63, 3.8) is 0 Å². The molecule has 0 atom stereocenters. The van der Waals surface area contributed by atoms with E-state index in [9.17, 15) is 5.11 Å². The smallest absolute Gasteiger partial charge is 0.127 e. The summed E-state index contributed by atoms with van der Waals surface area (Å²) >= 11 is 1.60. The molecular weight excluding hydrogens is 643 g/mol. The van der Waals surface area contributed by atoms with E-state index in [-0.39, 0.29) is 26.8 Å². The summed E-state index contributed by atoms with van der Waals surface area (Å²) in [6.45, 7) is 0.